The minimum Gasteiger partial charge on any atom is -0.508 e. The van der Waals surface area contributed by atoms with E-state index in [0.29, 0.717) is 11.7 Å². The van der Waals surface area contributed by atoms with Gasteiger partial charge < -0.3 is 5.11 Å². The summed E-state index contributed by atoms with van der Waals surface area (Å²) >= 11 is 0. The van der Waals surface area contributed by atoms with Gasteiger partial charge in [-0.1, -0.05) is 46.8 Å². The normalized spacial score (nSPS) is 12.1. The molecule has 0 fully saturated rings. The van der Waals surface area contributed by atoms with E-state index < -0.39 is 0 Å². The zero-order chi connectivity index (χ0) is 11.6. The van der Waals surface area contributed by atoms with Gasteiger partial charge in [-0.15, -0.1) is 0 Å². The lowest BCUT2D eigenvalue weighted by Gasteiger charge is -2.25. The highest BCUT2D eigenvalue weighted by molar-refractivity contribution is 5.41. The number of phenolic OH excluding ortho intramolecular Hbond substituents is 1. The molecule has 1 rings (SSSR count). The summed E-state index contributed by atoms with van der Waals surface area (Å²) in [5.74, 6) is 0.934. The first-order valence-corrected chi connectivity index (χ1v) is 5.72. The van der Waals surface area contributed by atoms with E-state index in [0.717, 1.165) is 12.0 Å². The molecule has 0 aliphatic rings. The van der Waals surface area contributed by atoms with Crippen LogP contribution in [0.3, 0.4) is 0 Å². The second-order valence-corrected chi connectivity index (χ2v) is 5.17. The van der Waals surface area contributed by atoms with Crippen LogP contribution in [0.15, 0.2) is 18.2 Å². The van der Waals surface area contributed by atoms with Gasteiger partial charge in [0.1, 0.15) is 5.75 Å². The van der Waals surface area contributed by atoms with Crippen LogP contribution in [0.2, 0.25) is 0 Å². The van der Waals surface area contributed by atoms with Crippen LogP contribution in [0, 0.1) is 0 Å². The third kappa shape index (κ3) is 2.53. The molecular weight excluding hydrogens is 184 g/mol. The van der Waals surface area contributed by atoms with Crippen LogP contribution in [0.25, 0.3) is 0 Å². The lowest BCUT2D eigenvalue weighted by Crippen LogP contribution is -2.16. The molecule has 0 aromatic heterocycles. The maximum absolute atomic E-state index is 9.88. The van der Waals surface area contributed by atoms with Gasteiger partial charge in [0.2, 0.25) is 0 Å². The van der Waals surface area contributed by atoms with Gasteiger partial charge >= 0.3 is 0 Å². The first-order chi connectivity index (χ1) is 6.88. The summed E-state index contributed by atoms with van der Waals surface area (Å²) in [7, 11) is 0. The van der Waals surface area contributed by atoms with E-state index in [1.165, 1.54) is 5.56 Å². The number of benzene rings is 1. The minimum absolute atomic E-state index is 0.0506. The van der Waals surface area contributed by atoms with E-state index in [1.54, 1.807) is 0 Å². The average Bonchev–Trinajstić information content (AvgIpc) is 2.17. The van der Waals surface area contributed by atoms with Crippen molar-refractivity contribution in [3.8, 4) is 5.75 Å². The molecule has 0 radical (unpaired) electrons. The number of rotatable bonds is 3. The summed E-state index contributed by atoms with van der Waals surface area (Å²) in [6.45, 7) is 10.9. The molecule has 0 spiro atoms. The van der Waals surface area contributed by atoms with E-state index in [-0.39, 0.29) is 5.41 Å². The van der Waals surface area contributed by atoms with Gasteiger partial charge in [-0.3, -0.25) is 0 Å². The molecule has 0 saturated heterocycles. The van der Waals surface area contributed by atoms with Gasteiger partial charge in [0.25, 0.3) is 0 Å². The Kier molecular flexibility index (Phi) is 3.43. The maximum atomic E-state index is 9.88. The largest absolute Gasteiger partial charge is 0.508 e. The van der Waals surface area contributed by atoms with Crippen molar-refractivity contribution in [1.82, 2.24) is 0 Å². The fourth-order valence-corrected chi connectivity index (χ4v) is 1.65. The van der Waals surface area contributed by atoms with E-state index >= 15 is 0 Å². The first kappa shape index (κ1) is 12.1. The van der Waals surface area contributed by atoms with E-state index in [9.17, 15) is 5.11 Å². The van der Waals surface area contributed by atoms with Crippen molar-refractivity contribution in [2.45, 2.75) is 52.4 Å². The van der Waals surface area contributed by atoms with Gasteiger partial charge in [0.15, 0.2) is 0 Å². The molecule has 84 valence electrons. The Morgan fingerprint density at radius 2 is 1.87 bits per heavy atom. The van der Waals surface area contributed by atoms with Gasteiger partial charge in [-0.05, 0) is 34.9 Å². The Labute approximate surface area is 93.1 Å². The summed E-state index contributed by atoms with van der Waals surface area (Å²) < 4.78 is 0. The Balaban J connectivity index is 3.22. The number of hydrogen-bond donors (Lipinski definition) is 1. The predicted octanol–water partition coefficient (Wildman–Crippen LogP) is 4.20. The van der Waals surface area contributed by atoms with Gasteiger partial charge in [-0.2, -0.15) is 0 Å². The van der Waals surface area contributed by atoms with Crippen LogP contribution in [0.4, 0.5) is 0 Å². The zero-order valence-electron chi connectivity index (χ0n) is 10.5. The molecule has 1 N–H and O–H groups in total. The smallest absolute Gasteiger partial charge is 0.119 e. The zero-order valence-corrected chi connectivity index (χ0v) is 10.5. The summed E-state index contributed by atoms with van der Waals surface area (Å²) in [6.07, 6.45) is 1.03. The third-order valence-corrected chi connectivity index (χ3v) is 3.30. The summed E-state index contributed by atoms with van der Waals surface area (Å²) in [4.78, 5) is 0. The van der Waals surface area contributed by atoms with Crippen molar-refractivity contribution in [1.29, 1.82) is 0 Å². The minimum atomic E-state index is 0.0506. The van der Waals surface area contributed by atoms with Gasteiger partial charge in [0, 0.05) is 0 Å². The van der Waals surface area contributed by atoms with E-state index in [4.69, 9.17) is 0 Å². The van der Waals surface area contributed by atoms with Crippen molar-refractivity contribution < 1.29 is 5.11 Å². The van der Waals surface area contributed by atoms with Crippen LogP contribution < -0.4 is 0 Å². The third-order valence-electron chi connectivity index (χ3n) is 3.30. The van der Waals surface area contributed by atoms with Crippen molar-refractivity contribution in [3.63, 3.8) is 0 Å². The second-order valence-electron chi connectivity index (χ2n) is 5.17. The molecule has 1 aromatic rings. The molecule has 0 atom stereocenters. The summed E-state index contributed by atoms with van der Waals surface area (Å²) in [5, 5.41) is 9.88. The molecule has 1 aromatic carbocycles. The predicted molar refractivity (Wildman–Crippen MR) is 65.5 cm³/mol. The molecule has 15 heavy (non-hydrogen) atoms. The highest BCUT2D eigenvalue weighted by Crippen LogP contribution is 2.35. The monoisotopic (exact) mass is 206 g/mol. The van der Waals surface area contributed by atoms with Crippen LogP contribution in [0.5, 0.6) is 5.75 Å². The van der Waals surface area contributed by atoms with Crippen LogP contribution in [0.1, 0.15) is 58.1 Å². The summed E-state index contributed by atoms with van der Waals surface area (Å²) in [6, 6.07) is 5.97. The molecule has 0 aliphatic heterocycles. The topological polar surface area (TPSA) is 20.2 Å². The molecule has 0 unspecified atom stereocenters. The Bertz CT molecular complexity index is 337. The number of aromatic hydroxyl groups is 1. The molecule has 0 aliphatic carbocycles. The van der Waals surface area contributed by atoms with Crippen molar-refractivity contribution >= 4 is 0 Å². The van der Waals surface area contributed by atoms with Crippen molar-refractivity contribution in [3.05, 3.63) is 29.3 Å². The quantitative estimate of drug-likeness (QED) is 0.785. The van der Waals surface area contributed by atoms with Crippen LogP contribution in [-0.4, -0.2) is 5.11 Å². The number of phenols is 1. The van der Waals surface area contributed by atoms with Crippen molar-refractivity contribution in [2.75, 3.05) is 0 Å². The van der Waals surface area contributed by atoms with E-state index in [2.05, 4.69) is 40.7 Å². The molecule has 0 saturated carbocycles. The standard InChI is InChI=1S/C14H22O/c1-6-14(4,5)12-9-11(10(2)3)7-8-13(12)15/h7-10,15H,6H2,1-5H3. The summed E-state index contributed by atoms with van der Waals surface area (Å²) in [5.41, 5.74) is 2.41. The maximum Gasteiger partial charge on any atom is 0.119 e. The van der Waals surface area contributed by atoms with Gasteiger partial charge in [-0.25, -0.2) is 0 Å². The number of hydrogen-bond acceptors (Lipinski definition) is 1. The highest BCUT2D eigenvalue weighted by atomic mass is 16.3. The van der Waals surface area contributed by atoms with Gasteiger partial charge in [0.05, 0.1) is 0 Å². The lowest BCUT2D eigenvalue weighted by molar-refractivity contribution is 0.428. The fraction of sp³-hybridized carbons (Fsp3) is 0.571. The molecule has 1 nitrogen and oxygen atoms in total. The molecule has 0 bridgehead atoms. The highest BCUT2D eigenvalue weighted by Gasteiger charge is 2.22. The second kappa shape index (κ2) is 4.26. The Hall–Kier alpha value is -0.980. The Morgan fingerprint density at radius 3 is 2.33 bits per heavy atom. The first-order valence-electron chi connectivity index (χ1n) is 5.72. The molecule has 0 heterocycles. The van der Waals surface area contributed by atoms with Crippen LogP contribution in [-0.2, 0) is 5.41 Å². The fourth-order valence-electron chi connectivity index (χ4n) is 1.65. The van der Waals surface area contributed by atoms with Crippen LogP contribution >= 0.6 is 0 Å². The Morgan fingerprint density at radius 1 is 1.27 bits per heavy atom. The SMILES string of the molecule is CCC(C)(C)c1cc(C(C)C)ccc1O. The molecular formula is C14H22O. The van der Waals surface area contributed by atoms with Crippen molar-refractivity contribution in [2.24, 2.45) is 0 Å². The molecule has 0 amide bonds. The average molecular weight is 206 g/mol. The lowest BCUT2D eigenvalue weighted by atomic mass is 9.80. The molecule has 1 heteroatoms. The van der Waals surface area contributed by atoms with E-state index in [1.807, 2.05) is 12.1 Å².